The Morgan fingerprint density at radius 3 is 2.38 bits per heavy atom. The van der Waals surface area contributed by atoms with Crippen LogP contribution in [0.5, 0.6) is 0 Å². The summed E-state index contributed by atoms with van der Waals surface area (Å²) in [4.78, 5) is 19.7. The Hall–Kier alpha value is -3.64. The minimum absolute atomic E-state index is 0.139. The minimum Gasteiger partial charge on any atom is -0.438 e. The van der Waals surface area contributed by atoms with Crippen LogP contribution in [0.25, 0.3) is 22.2 Å². The zero-order valence-corrected chi connectivity index (χ0v) is 22.2. The molecule has 1 amide bonds. The molecule has 6 nitrogen and oxygen atoms in total. The Morgan fingerprint density at radius 1 is 1.05 bits per heavy atom. The quantitative estimate of drug-likeness (QED) is 0.330. The van der Waals surface area contributed by atoms with Crippen LogP contribution in [-0.4, -0.2) is 37.8 Å². The van der Waals surface area contributed by atoms with E-state index in [0.717, 1.165) is 39.1 Å². The minimum atomic E-state index is -0.975. The first-order chi connectivity index (χ1) is 17.6. The van der Waals surface area contributed by atoms with Gasteiger partial charge in [0.25, 0.3) is 0 Å². The molecule has 6 heteroatoms. The Kier molecular flexibility index (Phi) is 6.32. The lowest BCUT2D eigenvalue weighted by Crippen LogP contribution is -2.51. The fraction of sp³-hybridized carbons (Fsp3) is 0.355. The summed E-state index contributed by atoms with van der Waals surface area (Å²) in [6.07, 6.45) is 0.597. The van der Waals surface area contributed by atoms with Crippen LogP contribution in [0.3, 0.4) is 0 Å². The first-order valence-corrected chi connectivity index (χ1v) is 12.9. The molecule has 1 aliphatic rings. The van der Waals surface area contributed by atoms with E-state index in [-0.39, 0.29) is 12.1 Å². The van der Waals surface area contributed by atoms with E-state index in [0.29, 0.717) is 19.4 Å². The van der Waals surface area contributed by atoms with Crippen molar-refractivity contribution in [3.8, 4) is 11.1 Å². The summed E-state index contributed by atoms with van der Waals surface area (Å²) in [5, 5.41) is 10.6. The maximum atomic E-state index is 13.3. The molecule has 192 valence electrons. The summed E-state index contributed by atoms with van der Waals surface area (Å²) in [6, 6.07) is 24.3. The molecule has 0 saturated carbocycles. The molecule has 37 heavy (non-hydrogen) atoms. The van der Waals surface area contributed by atoms with Gasteiger partial charge in [0.15, 0.2) is 0 Å². The number of fused-ring (bicyclic) bond motifs is 1. The molecule has 1 unspecified atom stereocenters. The van der Waals surface area contributed by atoms with Crippen LogP contribution in [0.1, 0.15) is 56.6 Å². The van der Waals surface area contributed by atoms with Crippen LogP contribution in [0, 0.1) is 6.92 Å². The Balaban J connectivity index is 1.35. The second kappa shape index (κ2) is 9.34. The standard InChI is InChI=1S/C31H35N3O3/c1-21(23-11-13-24(14-12-23)25-15-16-27-28(19-25)33(5)22(2)32-27)34-18-17-31(37-29(34)35,20-30(3,4)36)26-9-7-6-8-10-26/h6-16,19,21,36H,17-18,20H2,1-5H3/t21-,31?/m0/s1. The molecule has 1 saturated heterocycles. The number of hydrogen-bond donors (Lipinski definition) is 1. The van der Waals surface area contributed by atoms with E-state index in [4.69, 9.17) is 4.74 Å². The average Bonchev–Trinajstić information content (AvgIpc) is 3.16. The number of carbonyl (C=O) groups is 1. The second-order valence-electron chi connectivity index (χ2n) is 10.9. The highest BCUT2D eigenvalue weighted by molar-refractivity contribution is 5.82. The van der Waals surface area contributed by atoms with Crippen molar-refractivity contribution in [2.45, 2.75) is 57.8 Å². The number of benzene rings is 3. The largest absolute Gasteiger partial charge is 0.438 e. The van der Waals surface area contributed by atoms with Gasteiger partial charge in [0.1, 0.15) is 11.4 Å². The second-order valence-corrected chi connectivity index (χ2v) is 10.9. The molecular formula is C31H35N3O3. The molecule has 3 aromatic carbocycles. The first kappa shape index (κ1) is 25.0. The Bertz CT molecular complexity index is 1420. The number of cyclic esters (lactones) is 1. The van der Waals surface area contributed by atoms with Gasteiger partial charge in [0.2, 0.25) is 0 Å². The van der Waals surface area contributed by atoms with Crippen molar-refractivity contribution in [3.63, 3.8) is 0 Å². The molecule has 0 radical (unpaired) electrons. The predicted molar refractivity (Wildman–Crippen MR) is 146 cm³/mol. The topological polar surface area (TPSA) is 67.6 Å². The molecule has 2 heterocycles. The Morgan fingerprint density at radius 2 is 1.73 bits per heavy atom. The van der Waals surface area contributed by atoms with Crippen molar-refractivity contribution in [2.24, 2.45) is 7.05 Å². The summed E-state index contributed by atoms with van der Waals surface area (Å²) >= 11 is 0. The molecule has 1 fully saturated rings. The highest BCUT2D eigenvalue weighted by Gasteiger charge is 2.46. The van der Waals surface area contributed by atoms with Crippen LogP contribution in [-0.2, 0) is 17.4 Å². The zero-order valence-electron chi connectivity index (χ0n) is 22.2. The van der Waals surface area contributed by atoms with E-state index < -0.39 is 11.2 Å². The molecule has 1 N–H and O–H groups in total. The molecule has 5 rings (SSSR count). The summed E-state index contributed by atoms with van der Waals surface area (Å²) in [7, 11) is 2.03. The van der Waals surface area contributed by atoms with Crippen LogP contribution < -0.4 is 0 Å². The number of aromatic nitrogens is 2. The number of hydrogen-bond acceptors (Lipinski definition) is 4. The molecule has 1 aliphatic heterocycles. The van der Waals surface area contributed by atoms with Gasteiger partial charge in [-0.2, -0.15) is 0 Å². The first-order valence-electron chi connectivity index (χ1n) is 12.9. The van der Waals surface area contributed by atoms with Gasteiger partial charge in [-0.3, -0.25) is 0 Å². The molecule has 4 aromatic rings. The SMILES string of the molecule is Cc1nc2ccc(-c3ccc([C@H](C)N4CCC(CC(C)(C)O)(c5ccccc5)OC4=O)cc3)cc2n1C. The molecule has 0 bridgehead atoms. The van der Waals surface area contributed by atoms with Gasteiger partial charge in [-0.1, -0.05) is 60.7 Å². The van der Waals surface area contributed by atoms with Gasteiger partial charge < -0.3 is 19.3 Å². The van der Waals surface area contributed by atoms with Crippen LogP contribution in [0.4, 0.5) is 4.79 Å². The summed E-state index contributed by atoms with van der Waals surface area (Å²) < 4.78 is 8.26. The van der Waals surface area contributed by atoms with E-state index in [1.165, 1.54) is 0 Å². The van der Waals surface area contributed by atoms with Crippen molar-refractivity contribution in [3.05, 3.63) is 89.7 Å². The lowest BCUT2D eigenvalue weighted by Gasteiger charge is -2.45. The van der Waals surface area contributed by atoms with E-state index in [1.807, 2.05) is 51.2 Å². The third kappa shape index (κ3) is 4.86. The monoisotopic (exact) mass is 497 g/mol. The highest BCUT2D eigenvalue weighted by atomic mass is 16.6. The van der Waals surface area contributed by atoms with Gasteiger partial charge in [-0.05, 0) is 62.1 Å². The molecule has 2 atom stereocenters. The number of aliphatic hydroxyl groups is 1. The van der Waals surface area contributed by atoms with Crippen molar-refractivity contribution < 1.29 is 14.6 Å². The van der Waals surface area contributed by atoms with Crippen LogP contribution in [0.2, 0.25) is 0 Å². The number of ether oxygens (including phenoxy) is 1. The van der Waals surface area contributed by atoms with E-state index in [1.54, 1.807) is 18.7 Å². The molecule has 1 aromatic heterocycles. The lowest BCUT2D eigenvalue weighted by molar-refractivity contribution is -0.101. The van der Waals surface area contributed by atoms with Crippen molar-refractivity contribution in [2.75, 3.05) is 6.54 Å². The number of imidazole rings is 1. The number of rotatable bonds is 6. The smallest absolute Gasteiger partial charge is 0.411 e. The number of aryl methyl sites for hydroxylation is 2. The summed E-state index contributed by atoms with van der Waals surface area (Å²) in [5.74, 6) is 0.989. The van der Waals surface area contributed by atoms with Crippen LogP contribution in [0.15, 0.2) is 72.8 Å². The van der Waals surface area contributed by atoms with Gasteiger partial charge in [-0.15, -0.1) is 0 Å². The van der Waals surface area contributed by atoms with Gasteiger partial charge >= 0.3 is 6.09 Å². The maximum absolute atomic E-state index is 13.3. The Labute approximate surface area is 218 Å². The summed E-state index contributed by atoms with van der Waals surface area (Å²) in [6.45, 7) is 8.11. The lowest BCUT2D eigenvalue weighted by atomic mass is 9.80. The van der Waals surface area contributed by atoms with E-state index in [9.17, 15) is 9.90 Å². The highest BCUT2D eigenvalue weighted by Crippen LogP contribution is 2.42. The zero-order chi connectivity index (χ0) is 26.4. The normalized spacial score (nSPS) is 19.2. The molecular weight excluding hydrogens is 462 g/mol. The predicted octanol–water partition coefficient (Wildman–Crippen LogP) is 6.51. The average molecular weight is 498 g/mol. The number of carbonyl (C=O) groups excluding carboxylic acids is 1. The fourth-order valence-corrected chi connectivity index (χ4v) is 5.52. The summed E-state index contributed by atoms with van der Waals surface area (Å²) in [5.41, 5.74) is 4.49. The van der Waals surface area contributed by atoms with E-state index in [2.05, 4.69) is 52.0 Å². The van der Waals surface area contributed by atoms with Gasteiger partial charge in [0, 0.05) is 26.4 Å². The van der Waals surface area contributed by atoms with Crippen molar-refractivity contribution >= 4 is 17.1 Å². The van der Waals surface area contributed by atoms with Crippen molar-refractivity contribution in [1.29, 1.82) is 0 Å². The van der Waals surface area contributed by atoms with Crippen molar-refractivity contribution in [1.82, 2.24) is 14.5 Å². The molecule has 0 spiro atoms. The number of amides is 1. The third-order valence-electron chi connectivity index (χ3n) is 7.59. The number of nitrogens with zero attached hydrogens (tertiary/aromatic N) is 3. The van der Waals surface area contributed by atoms with Gasteiger partial charge in [-0.25, -0.2) is 9.78 Å². The third-order valence-corrected chi connectivity index (χ3v) is 7.59. The van der Waals surface area contributed by atoms with Crippen LogP contribution >= 0.6 is 0 Å². The van der Waals surface area contributed by atoms with Gasteiger partial charge in [0.05, 0.1) is 22.7 Å². The molecule has 0 aliphatic carbocycles. The fourth-order valence-electron chi connectivity index (χ4n) is 5.52. The van der Waals surface area contributed by atoms with E-state index >= 15 is 0 Å². The maximum Gasteiger partial charge on any atom is 0.411 e.